The summed E-state index contributed by atoms with van der Waals surface area (Å²) >= 11 is 0. The molecule has 2 aromatic heterocycles. The van der Waals surface area contributed by atoms with Crippen LogP contribution in [-0.4, -0.2) is 101 Å². The van der Waals surface area contributed by atoms with Crippen molar-refractivity contribution < 1.29 is 4.79 Å². The standard InChI is InChI=1S/C23H36N8O/c1-24-23(25-11-8-10-21-27-26-20-9-4-7-14-31(20)21)30-17-15-28(16-18-30)19-22(32)29-12-5-2-3-6-13-29/h4,7,9,14H,2-3,5-6,8,10-13,15-19H2,1H3,(H,24,25). The van der Waals surface area contributed by atoms with E-state index in [4.69, 9.17) is 0 Å². The average molecular weight is 441 g/mol. The zero-order valence-electron chi connectivity index (χ0n) is 19.2. The van der Waals surface area contributed by atoms with Crippen molar-refractivity contribution in [3.63, 3.8) is 0 Å². The average Bonchev–Trinajstić information content (AvgIpc) is 3.03. The lowest BCUT2D eigenvalue weighted by Gasteiger charge is -2.37. The maximum atomic E-state index is 12.7. The fraction of sp³-hybridized carbons (Fsp3) is 0.652. The Hall–Kier alpha value is -2.68. The number of amides is 1. The number of nitrogens with one attached hydrogen (secondary N) is 1. The molecule has 0 saturated carbocycles. The lowest BCUT2D eigenvalue weighted by atomic mass is 10.2. The van der Waals surface area contributed by atoms with Crippen LogP contribution in [0.5, 0.6) is 0 Å². The van der Waals surface area contributed by atoms with E-state index in [-0.39, 0.29) is 0 Å². The number of fused-ring (bicyclic) bond motifs is 1. The van der Waals surface area contributed by atoms with Gasteiger partial charge in [0.2, 0.25) is 5.91 Å². The molecule has 1 amide bonds. The minimum atomic E-state index is 0.295. The highest BCUT2D eigenvalue weighted by Gasteiger charge is 2.23. The number of pyridine rings is 1. The Kier molecular flexibility index (Phi) is 7.92. The fourth-order valence-electron chi connectivity index (χ4n) is 4.57. The second kappa shape index (κ2) is 11.3. The molecule has 0 atom stereocenters. The van der Waals surface area contributed by atoms with E-state index in [1.54, 1.807) is 0 Å². The number of likely N-dealkylation sites (tertiary alicyclic amines) is 1. The number of piperazine rings is 1. The molecule has 32 heavy (non-hydrogen) atoms. The van der Waals surface area contributed by atoms with E-state index in [9.17, 15) is 4.79 Å². The molecule has 2 saturated heterocycles. The summed E-state index contributed by atoms with van der Waals surface area (Å²) in [5.74, 6) is 2.22. The van der Waals surface area contributed by atoms with Crippen molar-refractivity contribution >= 4 is 17.5 Å². The van der Waals surface area contributed by atoms with Gasteiger partial charge in [-0.15, -0.1) is 10.2 Å². The summed E-state index contributed by atoms with van der Waals surface area (Å²) < 4.78 is 2.04. The van der Waals surface area contributed by atoms with Gasteiger partial charge in [-0.1, -0.05) is 18.9 Å². The Bertz CT molecular complexity index is 894. The van der Waals surface area contributed by atoms with Gasteiger partial charge in [0.25, 0.3) is 0 Å². The topological polar surface area (TPSA) is 81.4 Å². The van der Waals surface area contributed by atoms with Crippen LogP contribution in [0.4, 0.5) is 0 Å². The number of guanidine groups is 1. The Morgan fingerprint density at radius 3 is 2.53 bits per heavy atom. The third-order valence-corrected chi connectivity index (χ3v) is 6.45. The van der Waals surface area contributed by atoms with E-state index < -0.39 is 0 Å². The van der Waals surface area contributed by atoms with Crippen LogP contribution in [-0.2, 0) is 11.2 Å². The Morgan fingerprint density at radius 1 is 1.00 bits per heavy atom. The quantitative estimate of drug-likeness (QED) is 0.414. The fourth-order valence-corrected chi connectivity index (χ4v) is 4.57. The van der Waals surface area contributed by atoms with E-state index in [1.165, 1.54) is 12.8 Å². The van der Waals surface area contributed by atoms with Crippen LogP contribution in [0.2, 0.25) is 0 Å². The van der Waals surface area contributed by atoms with E-state index in [1.807, 2.05) is 35.8 Å². The minimum Gasteiger partial charge on any atom is -0.356 e. The van der Waals surface area contributed by atoms with Crippen LogP contribution in [0.15, 0.2) is 29.4 Å². The Labute approximate surface area is 190 Å². The molecule has 2 aliphatic rings. The summed E-state index contributed by atoms with van der Waals surface area (Å²) in [5.41, 5.74) is 0.887. The predicted molar refractivity (Wildman–Crippen MR) is 126 cm³/mol. The first-order valence-corrected chi connectivity index (χ1v) is 12.0. The van der Waals surface area contributed by atoms with Crippen molar-refractivity contribution in [3.05, 3.63) is 30.2 Å². The molecule has 4 rings (SSSR count). The van der Waals surface area contributed by atoms with Gasteiger partial charge < -0.3 is 15.1 Å². The van der Waals surface area contributed by atoms with Gasteiger partial charge in [-0.2, -0.15) is 0 Å². The summed E-state index contributed by atoms with van der Waals surface area (Å²) in [6.45, 7) is 6.82. The molecule has 0 unspecified atom stereocenters. The molecule has 0 spiro atoms. The van der Waals surface area contributed by atoms with Gasteiger partial charge in [0, 0.05) is 65.5 Å². The highest BCUT2D eigenvalue weighted by atomic mass is 16.2. The monoisotopic (exact) mass is 440 g/mol. The third kappa shape index (κ3) is 5.76. The minimum absolute atomic E-state index is 0.295. The molecule has 1 N–H and O–H groups in total. The molecule has 174 valence electrons. The molecular weight excluding hydrogens is 404 g/mol. The van der Waals surface area contributed by atoms with Crippen LogP contribution in [0, 0.1) is 0 Å². The molecule has 9 heteroatoms. The molecule has 2 fully saturated rings. The van der Waals surface area contributed by atoms with Crippen molar-refractivity contribution in [2.24, 2.45) is 4.99 Å². The van der Waals surface area contributed by atoms with Crippen molar-refractivity contribution in [1.82, 2.24) is 34.6 Å². The van der Waals surface area contributed by atoms with E-state index in [2.05, 4.69) is 35.2 Å². The normalized spacial score (nSPS) is 18.7. The van der Waals surface area contributed by atoms with Gasteiger partial charge in [0.15, 0.2) is 11.6 Å². The second-order valence-corrected chi connectivity index (χ2v) is 8.68. The van der Waals surface area contributed by atoms with Gasteiger partial charge in [0.1, 0.15) is 5.82 Å². The zero-order chi connectivity index (χ0) is 22.2. The number of hydrogen-bond acceptors (Lipinski definition) is 5. The number of aromatic nitrogens is 3. The van der Waals surface area contributed by atoms with Crippen LogP contribution in [0.3, 0.4) is 0 Å². The maximum absolute atomic E-state index is 12.7. The smallest absolute Gasteiger partial charge is 0.236 e. The van der Waals surface area contributed by atoms with Crippen molar-refractivity contribution in [2.45, 2.75) is 38.5 Å². The van der Waals surface area contributed by atoms with Crippen molar-refractivity contribution in [3.8, 4) is 0 Å². The predicted octanol–water partition coefficient (Wildman–Crippen LogP) is 1.26. The van der Waals surface area contributed by atoms with Crippen LogP contribution in [0.25, 0.3) is 5.65 Å². The van der Waals surface area contributed by atoms with E-state index in [0.717, 1.165) is 88.9 Å². The highest BCUT2D eigenvalue weighted by molar-refractivity contribution is 5.80. The number of aliphatic imine (C=N–C) groups is 1. The number of hydrogen-bond donors (Lipinski definition) is 1. The first-order chi connectivity index (χ1) is 15.7. The lowest BCUT2D eigenvalue weighted by molar-refractivity contribution is -0.132. The van der Waals surface area contributed by atoms with Gasteiger partial charge in [0.05, 0.1) is 6.54 Å². The number of carbonyl (C=O) groups excluding carboxylic acids is 1. The lowest BCUT2D eigenvalue weighted by Crippen LogP contribution is -2.54. The Morgan fingerprint density at radius 2 is 1.78 bits per heavy atom. The number of aryl methyl sites for hydroxylation is 1. The van der Waals surface area contributed by atoms with Gasteiger partial charge in [-0.25, -0.2) is 0 Å². The first-order valence-electron chi connectivity index (χ1n) is 12.0. The van der Waals surface area contributed by atoms with Crippen LogP contribution < -0.4 is 5.32 Å². The third-order valence-electron chi connectivity index (χ3n) is 6.45. The molecule has 0 bridgehead atoms. The SMILES string of the molecule is CN=C(NCCCc1nnc2ccccn12)N1CCN(CC(=O)N2CCCCCC2)CC1. The van der Waals surface area contributed by atoms with Crippen LogP contribution >= 0.6 is 0 Å². The molecule has 9 nitrogen and oxygen atoms in total. The molecule has 4 heterocycles. The summed E-state index contributed by atoms with van der Waals surface area (Å²) in [6, 6.07) is 5.95. The first kappa shape index (κ1) is 22.5. The molecule has 2 aromatic rings. The highest BCUT2D eigenvalue weighted by Crippen LogP contribution is 2.11. The van der Waals surface area contributed by atoms with Gasteiger partial charge in [-0.3, -0.25) is 19.1 Å². The largest absolute Gasteiger partial charge is 0.356 e. The number of rotatable bonds is 6. The zero-order valence-corrected chi connectivity index (χ0v) is 19.2. The maximum Gasteiger partial charge on any atom is 0.236 e. The number of nitrogens with zero attached hydrogens (tertiary/aromatic N) is 7. The van der Waals surface area contributed by atoms with Gasteiger partial charge >= 0.3 is 0 Å². The molecular formula is C23H36N8O. The molecule has 0 aliphatic carbocycles. The summed E-state index contributed by atoms with van der Waals surface area (Å²) in [6.07, 6.45) is 8.63. The second-order valence-electron chi connectivity index (χ2n) is 8.68. The summed E-state index contributed by atoms with van der Waals surface area (Å²) in [4.78, 5) is 23.8. The van der Waals surface area contributed by atoms with Gasteiger partial charge in [-0.05, 0) is 31.4 Å². The van der Waals surface area contributed by atoms with Crippen molar-refractivity contribution in [1.29, 1.82) is 0 Å². The Balaban J connectivity index is 1.17. The molecule has 0 aromatic carbocycles. The molecule has 2 aliphatic heterocycles. The summed E-state index contributed by atoms with van der Waals surface area (Å²) in [5, 5.41) is 12.0. The molecule has 0 radical (unpaired) electrons. The van der Waals surface area contributed by atoms with Crippen molar-refractivity contribution in [2.75, 3.05) is 59.4 Å². The van der Waals surface area contributed by atoms with E-state index >= 15 is 0 Å². The summed E-state index contributed by atoms with van der Waals surface area (Å²) in [7, 11) is 1.84. The number of carbonyl (C=O) groups is 1. The van der Waals surface area contributed by atoms with E-state index in [0.29, 0.717) is 12.5 Å². The van der Waals surface area contributed by atoms with Crippen LogP contribution in [0.1, 0.15) is 37.9 Å².